The van der Waals surface area contributed by atoms with Crippen LogP contribution in [0.15, 0.2) is 42.5 Å². The molecule has 27 heavy (non-hydrogen) atoms. The first-order valence-electron chi connectivity index (χ1n) is 8.87. The van der Waals surface area contributed by atoms with Crippen molar-refractivity contribution in [3.8, 4) is 0 Å². The summed E-state index contributed by atoms with van der Waals surface area (Å²) in [5, 5.41) is 3.69. The summed E-state index contributed by atoms with van der Waals surface area (Å²) in [6, 6.07) is 12.8. The minimum Gasteiger partial charge on any atom is -0.360 e. The maximum Gasteiger partial charge on any atom is 0.279 e. The molecule has 1 heterocycles. The molecule has 1 aliphatic rings. The Hall–Kier alpha value is -2.08. The molecule has 7 heteroatoms. The Morgan fingerprint density at radius 2 is 1.63 bits per heavy atom. The molecular formula is C20H22Cl2N3O2+. The molecule has 142 valence electrons. The van der Waals surface area contributed by atoms with Crippen LogP contribution in [-0.2, 0) is 4.79 Å². The number of benzene rings is 2. The number of nitrogens with zero attached hydrogens (tertiary/aromatic N) is 1. The fourth-order valence-electron chi connectivity index (χ4n) is 3.19. The van der Waals surface area contributed by atoms with Gasteiger partial charge in [-0.2, -0.15) is 0 Å². The molecule has 2 N–H and O–H groups in total. The van der Waals surface area contributed by atoms with E-state index in [4.69, 9.17) is 23.2 Å². The summed E-state index contributed by atoms with van der Waals surface area (Å²) in [5.74, 6) is -0.0280. The van der Waals surface area contributed by atoms with Crippen LogP contribution in [0.2, 0.25) is 10.0 Å². The van der Waals surface area contributed by atoms with Gasteiger partial charge in [0.25, 0.3) is 5.91 Å². The Kier molecular flexibility index (Phi) is 6.37. The minimum absolute atomic E-state index is 0.0699. The van der Waals surface area contributed by atoms with Crippen molar-refractivity contribution in [2.45, 2.75) is 6.92 Å². The van der Waals surface area contributed by atoms with Crippen molar-refractivity contribution < 1.29 is 14.5 Å². The number of quaternary nitrogens is 1. The number of ketones is 1. The van der Waals surface area contributed by atoms with Crippen molar-refractivity contribution in [1.82, 2.24) is 0 Å². The number of rotatable bonds is 5. The molecule has 3 rings (SSSR count). The molecule has 0 saturated carbocycles. The Labute approximate surface area is 168 Å². The normalized spacial score (nSPS) is 14.9. The molecule has 5 nitrogen and oxygen atoms in total. The van der Waals surface area contributed by atoms with Crippen molar-refractivity contribution in [2.75, 3.05) is 42.9 Å². The van der Waals surface area contributed by atoms with E-state index in [-0.39, 0.29) is 11.7 Å². The lowest BCUT2D eigenvalue weighted by Gasteiger charge is -2.33. The summed E-state index contributed by atoms with van der Waals surface area (Å²) in [7, 11) is 0. The van der Waals surface area contributed by atoms with Crippen LogP contribution in [0.1, 0.15) is 17.3 Å². The molecule has 1 fully saturated rings. The van der Waals surface area contributed by atoms with Gasteiger partial charge in [-0.15, -0.1) is 0 Å². The topological polar surface area (TPSA) is 53.9 Å². The first kappa shape index (κ1) is 19.7. The van der Waals surface area contributed by atoms with Gasteiger partial charge in [-0.1, -0.05) is 29.3 Å². The smallest absolute Gasteiger partial charge is 0.279 e. The molecule has 2 aromatic rings. The first-order valence-corrected chi connectivity index (χ1v) is 9.63. The maximum atomic E-state index is 12.3. The second-order valence-corrected chi connectivity index (χ2v) is 7.48. The molecular weight excluding hydrogens is 385 g/mol. The highest BCUT2D eigenvalue weighted by Gasteiger charge is 2.23. The standard InChI is InChI=1S/C20H21Cl2N3O2/c1-14(26)15-5-7-16(8-6-15)25-11-9-24(10-12-25)13-19(27)23-20-17(21)3-2-4-18(20)22/h2-8H,9-13H2,1H3,(H,23,27)/p+1. The van der Waals surface area contributed by atoms with E-state index in [1.807, 2.05) is 24.3 Å². The lowest BCUT2D eigenvalue weighted by molar-refractivity contribution is -0.892. The van der Waals surface area contributed by atoms with Crippen molar-refractivity contribution in [2.24, 2.45) is 0 Å². The van der Waals surface area contributed by atoms with Crippen molar-refractivity contribution >= 4 is 46.3 Å². The molecule has 0 radical (unpaired) electrons. The zero-order valence-electron chi connectivity index (χ0n) is 15.1. The number of amides is 1. The molecule has 0 aliphatic carbocycles. The molecule has 1 amide bonds. The number of para-hydroxylation sites is 1. The summed E-state index contributed by atoms with van der Waals surface area (Å²) in [4.78, 5) is 27.2. The van der Waals surface area contributed by atoms with Crippen LogP contribution in [0.3, 0.4) is 0 Å². The number of anilines is 2. The van der Waals surface area contributed by atoms with Crippen LogP contribution >= 0.6 is 23.2 Å². The fourth-order valence-corrected chi connectivity index (χ4v) is 3.68. The summed E-state index contributed by atoms with van der Waals surface area (Å²) in [5.41, 5.74) is 2.29. The Morgan fingerprint density at radius 1 is 1.04 bits per heavy atom. The van der Waals surface area contributed by atoms with Gasteiger partial charge in [0.05, 0.1) is 41.9 Å². The molecule has 1 saturated heterocycles. The highest BCUT2D eigenvalue weighted by atomic mass is 35.5. The van der Waals surface area contributed by atoms with Crippen LogP contribution in [0.4, 0.5) is 11.4 Å². The lowest BCUT2D eigenvalue weighted by atomic mass is 10.1. The third-order valence-electron chi connectivity index (χ3n) is 4.75. The summed E-state index contributed by atoms with van der Waals surface area (Å²) in [6.07, 6.45) is 0. The average molecular weight is 407 g/mol. The number of carbonyl (C=O) groups excluding carboxylic acids is 2. The van der Waals surface area contributed by atoms with E-state index >= 15 is 0 Å². The number of hydrogen-bond acceptors (Lipinski definition) is 3. The van der Waals surface area contributed by atoms with Gasteiger partial charge in [-0.05, 0) is 43.3 Å². The van der Waals surface area contributed by atoms with E-state index in [2.05, 4.69) is 10.2 Å². The lowest BCUT2D eigenvalue weighted by Crippen LogP contribution is -3.15. The Balaban J connectivity index is 1.52. The molecule has 0 bridgehead atoms. The number of piperazine rings is 1. The van der Waals surface area contributed by atoms with E-state index in [1.165, 1.54) is 4.90 Å². The van der Waals surface area contributed by atoms with Gasteiger partial charge in [-0.3, -0.25) is 9.59 Å². The number of nitrogens with one attached hydrogen (secondary N) is 2. The number of hydrogen-bond donors (Lipinski definition) is 2. The first-order chi connectivity index (χ1) is 12.9. The summed E-state index contributed by atoms with van der Waals surface area (Å²) < 4.78 is 0. The third kappa shape index (κ3) is 5.01. The van der Waals surface area contributed by atoms with Gasteiger partial charge < -0.3 is 15.1 Å². The van der Waals surface area contributed by atoms with Crippen molar-refractivity contribution in [3.05, 3.63) is 58.1 Å². The van der Waals surface area contributed by atoms with Crippen LogP contribution in [0.25, 0.3) is 0 Å². The van der Waals surface area contributed by atoms with Crippen LogP contribution in [0, 0.1) is 0 Å². The van der Waals surface area contributed by atoms with Gasteiger partial charge >= 0.3 is 0 Å². The Bertz CT molecular complexity index is 811. The number of carbonyl (C=O) groups is 2. The number of Topliss-reactive ketones (excluding diaryl/α,β-unsaturated/α-hetero) is 1. The molecule has 1 aliphatic heterocycles. The minimum atomic E-state index is -0.0979. The predicted octanol–water partition coefficient (Wildman–Crippen LogP) is 2.54. The second kappa shape index (κ2) is 8.74. The van der Waals surface area contributed by atoms with E-state index in [1.54, 1.807) is 25.1 Å². The highest BCUT2D eigenvalue weighted by molar-refractivity contribution is 6.39. The quantitative estimate of drug-likeness (QED) is 0.750. The van der Waals surface area contributed by atoms with Crippen LogP contribution < -0.4 is 15.1 Å². The van der Waals surface area contributed by atoms with Crippen LogP contribution in [0.5, 0.6) is 0 Å². The zero-order chi connectivity index (χ0) is 19.4. The van der Waals surface area contributed by atoms with Crippen molar-refractivity contribution in [3.63, 3.8) is 0 Å². The van der Waals surface area contributed by atoms with E-state index in [0.29, 0.717) is 22.3 Å². The second-order valence-electron chi connectivity index (χ2n) is 6.66. The molecule has 0 atom stereocenters. The van der Waals surface area contributed by atoms with Gasteiger partial charge in [0.1, 0.15) is 0 Å². The van der Waals surface area contributed by atoms with Gasteiger partial charge in [0.2, 0.25) is 0 Å². The predicted molar refractivity (Wildman–Crippen MR) is 109 cm³/mol. The van der Waals surface area contributed by atoms with E-state index in [9.17, 15) is 9.59 Å². The molecule has 2 aromatic carbocycles. The van der Waals surface area contributed by atoms with Crippen LogP contribution in [-0.4, -0.2) is 44.4 Å². The van der Waals surface area contributed by atoms with Gasteiger partial charge in [-0.25, -0.2) is 0 Å². The van der Waals surface area contributed by atoms with Gasteiger partial charge in [0, 0.05) is 11.3 Å². The van der Waals surface area contributed by atoms with E-state index < -0.39 is 0 Å². The van der Waals surface area contributed by atoms with Gasteiger partial charge in [0.15, 0.2) is 12.3 Å². The van der Waals surface area contributed by atoms with E-state index in [0.717, 1.165) is 37.4 Å². The fraction of sp³-hybridized carbons (Fsp3) is 0.300. The zero-order valence-corrected chi connectivity index (χ0v) is 16.6. The molecule has 0 aromatic heterocycles. The SMILES string of the molecule is CC(=O)c1ccc(N2CC[NH+](CC(=O)Nc3c(Cl)cccc3Cl)CC2)cc1. The van der Waals surface area contributed by atoms with Crippen molar-refractivity contribution in [1.29, 1.82) is 0 Å². The monoisotopic (exact) mass is 406 g/mol. The Morgan fingerprint density at radius 3 is 2.19 bits per heavy atom. The third-order valence-corrected chi connectivity index (χ3v) is 5.38. The largest absolute Gasteiger partial charge is 0.360 e. The maximum absolute atomic E-state index is 12.3. The molecule has 0 spiro atoms. The average Bonchev–Trinajstić information content (AvgIpc) is 2.65. The summed E-state index contributed by atoms with van der Waals surface area (Å²) >= 11 is 12.2. The highest BCUT2D eigenvalue weighted by Crippen LogP contribution is 2.29. The molecule has 0 unspecified atom stereocenters. The number of halogens is 2. The summed E-state index contributed by atoms with van der Waals surface area (Å²) in [6.45, 7) is 5.37.